The summed E-state index contributed by atoms with van der Waals surface area (Å²) in [6.45, 7) is 12.2. The molecule has 1 heterocycles. The number of morpholine rings is 1. The second-order valence-electron chi connectivity index (χ2n) is 8.36. The molecule has 1 N–H and O–H groups in total. The highest BCUT2D eigenvalue weighted by atomic mass is 32.1. The zero-order valence-electron chi connectivity index (χ0n) is 17.8. The lowest BCUT2D eigenvalue weighted by molar-refractivity contribution is 0.0738. The van der Waals surface area contributed by atoms with Crippen molar-refractivity contribution in [2.45, 2.75) is 38.9 Å². The summed E-state index contributed by atoms with van der Waals surface area (Å²) in [5.41, 5.74) is 1.20. The van der Waals surface area contributed by atoms with Crippen molar-refractivity contribution in [3.8, 4) is 0 Å². The van der Waals surface area contributed by atoms with Crippen LogP contribution in [0.2, 0.25) is 0 Å². The fourth-order valence-corrected chi connectivity index (χ4v) is 8.57. The van der Waals surface area contributed by atoms with Gasteiger partial charge < -0.3 is 10.1 Å². The number of nitrogens with one attached hydrogen (secondary N) is 1. The fourth-order valence-electron chi connectivity index (χ4n) is 3.90. The Balaban J connectivity index is 2.05. The molecule has 0 amide bonds. The predicted molar refractivity (Wildman–Crippen MR) is 128 cm³/mol. The van der Waals surface area contributed by atoms with E-state index in [4.69, 9.17) is 21.7 Å². The van der Waals surface area contributed by atoms with E-state index < -0.39 is 7.21 Å². The number of rotatable bonds is 4. The molecule has 3 rings (SSSR count). The van der Waals surface area contributed by atoms with Gasteiger partial charge in [0.1, 0.15) is 0 Å². The number of benzene rings is 2. The van der Waals surface area contributed by atoms with E-state index >= 15 is 0 Å². The Kier molecular flexibility index (Phi) is 7.28. The number of hydrogen-bond acceptors (Lipinski definition) is 2. The van der Waals surface area contributed by atoms with Crippen LogP contribution in [-0.4, -0.2) is 41.2 Å². The van der Waals surface area contributed by atoms with Crippen LogP contribution in [0, 0.1) is 0 Å². The summed E-state index contributed by atoms with van der Waals surface area (Å²) in [6.07, 6.45) is 0. The minimum Gasteiger partial charge on any atom is -0.379 e. The van der Waals surface area contributed by atoms with E-state index in [-0.39, 0.29) is 11.2 Å². The van der Waals surface area contributed by atoms with Crippen molar-refractivity contribution in [2.75, 3.05) is 26.3 Å². The number of thiocarbonyl (C=S) groups is 1. The third-order valence-corrected chi connectivity index (χ3v) is 10.3. The lowest BCUT2D eigenvalue weighted by atomic mass is 10.1. The molecule has 0 aliphatic carbocycles. The van der Waals surface area contributed by atoms with Gasteiger partial charge in [-0.3, -0.25) is 4.67 Å². The molecule has 4 nitrogen and oxygen atoms in total. The van der Waals surface area contributed by atoms with Crippen LogP contribution >= 0.6 is 19.4 Å². The van der Waals surface area contributed by atoms with Gasteiger partial charge in [-0.15, -0.1) is 0 Å². The van der Waals surface area contributed by atoms with E-state index in [2.05, 4.69) is 92.3 Å². The van der Waals surface area contributed by atoms with Crippen LogP contribution in [0.4, 0.5) is 0 Å². The first-order valence-electron chi connectivity index (χ1n) is 10.2. The number of nitrogens with zero attached hydrogens (tertiary/aromatic N) is 2. The SMILES string of the molecule is C[C@H](NC(=S)N=[P@@](c1ccccc1)(N1CCOCC1)C(C)(C)C)c1ccccc1. The molecule has 0 saturated carbocycles. The quantitative estimate of drug-likeness (QED) is 0.536. The molecule has 0 spiro atoms. The summed E-state index contributed by atoms with van der Waals surface area (Å²) in [6, 6.07) is 21.2. The molecular formula is C23H32N3OPS. The molecule has 156 valence electrons. The molecule has 0 radical (unpaired) electrons. The Hall–Kier alpha value is -1.52. The van der Waals surface area contributed by atoms with E-state index in [1.54, 1.807) is 0 Å². The second kappa shape index (κ2) is 9.53. The average Bonchev–Trinajstić information content (AvgIpc) is 2.73. The first-order valence-corrected chi connectivity index (χ1v) is 12.3. The largest absolute Gasteiger partial charge is 0.379 e. The van der Waals surface area contributed by atoms with Crippen LogP contribution in [-0.2, 0) is 4.74 Å². The molecule has 29 heavy (non-hydrogen) atoms. The fraction of sp³-hybridized carbons (Fsp3) is 0.435. The first-order chi connectivity index (χ1) is 13.8. The molecule has 0 unspecified atom stereocenters. The van der Waals surface area contributed by atoms with Crippen LogP contribution in [0.3, 0.4) is 0 Å². The lowest BCUT2D eigenvalue weighted by Gasteiger charge is -2.46. The molecule has 1 saturated heterocycles. The minimum absolute atomic E-state index is 0.0621. The molecular weight excluding hydrogens is 397 g/mol. The smallest absolute Gasteiger partial charge is 0.193 e. The van der Waals surface area contributed by atoms with Crippen LogP contribution in [0.25, 0.3) is 0 Å². The van der Waals surface area contributed by atoms with Gasteiger partial charge in [0.05, 0.1) is 26.5 Å². The normalized spacial score (nSPS) is 18.5. The van der Waals surface area contributed by atoms with Crippen LogP contribution in [0.5, 0.6) is 0 Å². The van der Waals surface area contributed by atoms with Gasteiger partial charge in [0.15, 0.2) is 5.11 Å². The standard InChI is InChI=1S/C23H32N3OPS/c1-19(20-11-7-5-8-12-20)24-22(29)25-28(23(2,3)4,21-13-9-6-10-14-21)26-15-17-27-18-16-26/h5-14,19H,15-18H2,1-4H3,(H,24,29)/t19-,28-/m0/s1. The number of ether oxygens (including phenoxy) is 1. The van der Waals surface area contributed by atoms with Gasteiger partial charge in [-0.2, -0.15) is 0 Å². The van der Waals surface area contributed by atoms with E-state index in [9.17, 15) is 0 Å². The average molecular weight is 430 g/mol. The van der Waals surface area contributed by atoms with E-state index in [0.29, 0.717) is 5.11 Å². The van der Waals surface area contributed by atoms with Crippen molar-refractivity contribution >= 4 is 29.8 Å². The van der Waals surface area contributed by atoms with Gasteiger partial charge in [0.2, 0.25) is 0 Å². The van der Waals surface area contributed by atoms with Crippen LogP contribution in [0.15, 0.2) is 65.4 Å². The maximum Gasteiger partial charge on any atom is 0.193 e. The third-order valence-electron chi connectivity index (χ3n) is 5.32. The summed E-state index contributed by atoms with van der Waals surface area (Å²) in [7, 11) is -2.14. The molecule has 6 heteroatoms. The minimum atomic E-state index is -2.14. The maximum absolute atomic E-state index is 5.81. The van der Waals surface area contributed by atoms with Crippen molar-refractivity contribution in [3.63, 3.8) is 0 Å². The zero-order valence-corrected chi connectivity index (χ0v) is 19.5. The van der Waals surface area contributed by atoms with Gasteiger partial charge in [-0.25, -0.2) is 4.74 Å². The topological polar surface area (TPSA) is 36.9 Å². The number of hydrogen-bond donors (Lipinski definition) is 1. The maximum atomic E-state index is 5.81. The highest BCUT2D eigenvalue weighted by molar-refractivity contribution is 7.81. The Labute approximate surface area is 180 Å². The predicted octanol–water partition coefficient (Wildman–Crippen LogP) is 5.19. The lowest BCUT2D eigenvalue weighted by Crippen LogP contribution is -2.43. The van der Waals surface area contributed by atoms with Crippen molar-refractivity contribution < 1.29 is 4.74 Å². The van der Waals surface area contributed by atoms with Crippen LogP contribution < -0.4 is 10.6 Å². The molecule has 1 fully saturated rings. The van der Waals surface area contributed by atoms with Crippen molar-refractivity contribution in [3.05, 3.63) is 66.2 Å². The summed E-state index contributed by atoms with van der Waals surface area (Å²) in [4.78, 5) is 0. The highest BCUT2D eigenvalue weighted by Gasteiger charge is 2.42. The summed E-state index contributed by atoms with van der Waals surface area (Å²) >= 11 is 5.81. The first kappa shape index (κ1) is 22.2. The van der Waals surface area contributed by atoms with E-state index in [1.165, 1.54) is 10.9 Å². The van der Waals surface area contributed by atoms with E-state index in [0.717, 1.165) is 26.3 Å². The molecule has 2 atom stereocenters. The molecule has 2 aromatic carbocycles. The molecule has 0 aromatic heterocycles. The highest BCUT2D eigenvalue weighted by Crippen LogP contribution is 2.62. The molecule has 0 bridgehead atoms. The van der Waals surface area contributed by atoms with Gasteiger partial charge in [0, 0.05) is 23.6 Å². The summed E-state index contributed by atoms with van der Waals surface area (Å²) in [5, 5.41) is 5.26. The monoisotopic (exact) mass is 429 g/mol. The van der Waals surface area contributed by atoms with Crippen molar-refractivity contribution in [1.29, 1.82) is 0 Å². The molecule has 2 aromatic rings. The molecule has 1 aliphatic heterocycles. The van der Waals surface area contributed by atoms with Crippen molar-refractivity contribution in [1.82, 2.24) is 9.99 Å². The van der Waals surface area contributed by atoms with Gasteiger partial charge in [-0.1, -0.05) is 81.4 Å². The zero-order chi connectivity index (χ0) is 20.9. The van der Waals surface area contributed by atoms with Gasteiger partial charge in [0.25, 0.3) is 0 Å². The Morgan fingerprint density at radius 3 is 2.14 bits per heavy atom. The van der Waals surface area contributed by atoms with E-state index in [1.807, 2.05) is 6.07 Å². The third kappa shape index (κ3) is 4.97. The Bertz CT molecular complexity index is 859. The van der Waals surface area contributed by atoms with Gasteiger partial charge >= 0.3 is 0 Å². The van der Waals surface area contributed by atoms with Crippen molar-refractivity contribution in [2.24, 2.45) is 4.74 Å². The second-order valence-corrected chi connectivity index (χ2v) is 12.6. The Morgan fingerprint density at radius 2 is 1.59 bits per heavy atom. The molecule has 1 aliphatic rings. The Morgan fingerprint density at radius 1 is 1.03 bits per heavy atom. The van der Waals surface area contributed by atoms with Crippen LogP contribution in [0.1, 0.15) is 39.3 Å². The summed E-state index contributed by atoms with van der Waals surface area (Å²) in [5.74, 6) is 0. The van der Waals surface area contributed by atoms with Gasteiger partial charge in [-0.05, 0) is 24.7 Å². The summed E-state index contributed by atoms with van der Waals surface area (Å²) < 4.78 is 13.5.